The standard InChI is InChI=1S/C5H11NO.C4H8O/c1-3-5(7)6-4-2;1-3-4(2)5/h3-4H2,1-2H3,(H,6,7);3H2,1-2H3. The van der Waals surface area contributed by atoms with Gasteiger partial charge in [-0.25, -0.2) is 0 Å². The minimum atomic E-state index is 0.127. The third-order valence-corrected chi connectivity index (χ3v) is 1.19. The summed E-state index contributed by atoms with van der Waals surface area (Å²) < 4.78 is 0. The second-order valence-electron chi connectivity index (χ2n) is 2.36. The highest BCUT2D eigenvalue weighted by atomic mass is 16.1. The molecule has 3 nitrogen and oxygen atoms in total. The molecule has 0 atom stereocenters. The molecule has 3 heteroatoms. The predicted octanol–water partition coefficient (Wildman–Crippen LogP) is 1.52. The first-order valence-corrected chi connectivity index (χ1v) is 4.34. The van der Waals surface area contributed by atoms with Gasteiger partial charge in [0, 0.05) is 19.4 Å². The van der Waals surface area contributed by atoms with Gasteiger partial charge >= 0.3 is 0 Å². The molecular weight excluding hydrogens is 154 g/mol. The molecule has 0 spiro atoms. The molecule has 0 aromatic rings. The summed E-state index contributed by atoms with van der Waals surface area (Å²) >= 11 is 0. The third-order valence-electron chi connectivity index (χ3n) is 1.19. The van der Waals surface area contributed by atoms with Gasteiger partial charge in [0.1, 0.15) is 5.78 Å². The maximum atomic E-state index is 10.3. The van der Waals surface area contributed by atoms with Gasteiger partial charge in [-0.3, -0.25) is 4.79 Å². The minimum absolute atomic E-state index is 0.127. The molecule has 0 rings (SSSR count). The van der Waals surface area contributed by atoms with Crippen LogP contribution in [0.2, 0.25) is 0 Å². The normalized spacial score (nSPS) is 8.00. The monoisotopic (exact) mass is 173 g/mol. The summed E-state index contributed by atoms with van der Waals surface area (Å²) in [6.07, 6.45) is 1.26. The van der Waals surface area contributed by atoms with Crippen LogP contribution in [0, 0.1) is 0 Å². The smallest absolute Gasteiger partial charge is 0.219 e. The number of carbonyl (C=O) groups excluding carboxylic acids is 2. The minimum Gasteiger partial charge on any atom is -0.356 e. The van der Waals surface area contributed by atoms with Crippen molar-refractivity contribution in [1.29, 1.82) is 0 Å². The lowest BCUT2D eigenvalue weighted by Gasteiger charge is -1.93. The van der Waals surface area contributed by atoms with E-state index in [1.54, 1.807) is 6.92 Å². The Morgan fingerprint density at radius 1 is 1.08 bits per heavy atom. The molecule has 12 heavy (non-hydrogen) atoms. The van der Waals surface area contributed by atoms with Crippen molar-refractivity contribution in [3.8, 4) is 0 Å². The second kappa shape index (κ2) is 10.1. The first-order valence-electron chi connectivity index (χ1n) is 4.34. The van der Waals surface area contributed by atoms with Gasteiger partial charge in [0.2, 0.25) is 5.91 Å². The van der Waals surface area contributed by atoms with Gasteiger partial charge in [0.05, 0.1) is 0 Å². The van der Waals surface area contributed by atoms with E-state index in [2.05, 4.69) is 5.32 Å². The molecule has 0 fully saturated rings. The summed E-state index contributed by atoms with van der Waals surface area (Å²) in [7, 11) is 0. The molecule has 0 bridgehead atoms. The zero-order chi connectivity index (χ0) is 9.98. The average Bonchev–Trinajstić information content (AvgIpc) is 2.06. The van der Waals surface area contributed by atoms with E-state index in [4.69, 9.17) is 0 Å². The van der Waals surface area contributed by atoms with E-state index >= 15 is 0 Å². The number of amides is 1. The molecular formula is C9H19NO2. The van der Waals surface area contributed by atoms with E-state index in [0.29, 0.717) is 12.8 Å². The molecule has 0 aliphatic carbocycles. The maximum absolute atomic E-state index is 10.3. The Morgan fingerprint density at radius 3 is 1.58 bits per heavy atom. The van der Waals surface area contributed by atoms with Crippen LogP contribution in [0.5, 0.6) is 0 Å². The van der Waals surface area contributed by atoms with Gasteiger partial charge in [-0.15, -0.1) is 0 Å². The summed E-state index contributed by atoms with van der Waals surface area (Å²) in [5.74, 6) is 0.382. The van der Waals surface area contributed by atoms with E-state index in [1.807, 2.05) is 20.8 Å². The molecule has 0 saturated heterocycles. The average molecular weight is 173 g/mol. The zero-order valence-electron chi connectivity index (χ0n) is 8.44. The molecule has 0 aliphatic rings. The Balaban J connectivity index is 0. The Morgan fingerprint density at radius 2 is 1.50 bits per heavy atom. The Bertz CT molecular complexity index is 132. The number of rotatable bonds is 3. The van der Waals surface area contributed by atoms with Gasteiger partial charge < -0.3 is 10.1 Å². The van der Waals surface area contributed by atoms with Crippen molar-refractivity contribution in [2.45, 2.75) is 40.5 Å². The van der Waals surface area contributed by atoms with Gasteiger partial charge in [-0.1, -0.05) is 13.8 Å². The molecule has 0 radical (unpaired) electrons. The third kappa shape index (κ3) is 16.1. The molecule has 72 valence electrons. The Hall–Kier alpha value is -0.860. The lowest BCUT2D eigenvalue weighted by Crippen LogP contribution is -2.20. The van der Waals surface area contributed by atoms with Crippen LogP contribution < -0.4 is 5.32 Å². The van der Waals surface area contributed by atoms with Crippen LogP contribution in [-0.2, 0) is 9.59 Å². The number of carbonyl (C=O) groups is 2. The van der Waals surface area contributed by atoms with Crippen molar-refractivity contribution in [2.75, 3.05) is 6.54 Å². The number of Topliss-reactive ketones (excluding diaryl/α,β-unsaturated/α-hetero) is 1. The van der Waals surface area contributed by atoms with E-state index in [0.717, 1.165) is 6.54 Å². The highest BCUT2D eigenvalue weighted by Gasteiger charge is 1.88. The van der Waals surface area contributed by atoms with E-state index < -0.39 is 0 Å². The van der Waals surface area contributed by atoms with Crippen LogP contribution in [-0.4, -0.2) is 18.2 Å². The largest absolute Gasteiger partial charge is 0.356 e. The summed E-state index contributed by atoms with van der Waals surface area (Å²) in [5, 5.41) is 2.66. The lowest BCUT2D eigenvalue weighted by atomic mass is 10.4. The van der Waals surface area contributed by atoms with Crippen molar-refractivity contribution in [3.05, 3.63) is 0 Å². The Labute approximate surface area is 74.5 Å². The van der Waals surface area contributed by atoms with Crippen LogP contribution in [0.25, 0.3) is 0 Å². The molecule has 0 unspecified atom stereocenters. The molecule has 0 heterocycles. The summed E-state index contributed by atoms with van der Waals surface area (Å²) in [6.45, 7) is 7.92. The van der Waals surface area contributed by atoms with Crippen molar-refractivity contribution < 1.29 is 9.59 Å². The van der Waals surface area contributed by atoms with Gasteiger partial charge in [0.15, 0.2) is 0 Å². The van der Waals surface area contributed by atoms with Crippen LogP contribution in [0.3, 0.4) is 0 Å². The van der Waals surface area contributed by atoms with E-state index in [1.165, 1.54) is 0 Å². The quantitative estimate of drug-likeness (QED) is 0.703. The molecule has 1 N–H and O–H groups in total. The fourth-order valence-electron chi connectivity index (χ4n) is 0.322. The first-order chi connectivity index (χ1) is 5.58. The lowest BCUT2D eigenvalue weighted by molar-refractivity contribution is -0.120. The summed E-state index contributed by atoms with van der Waals surface area (Å²) in [5.41, 5.74) is 0. The zero-order valence-corrected chi connectivity index (χ0v) is 8.44. The Kier molecular flexibility index (Phi) is 11.6. The second-order valence-corrected chi connectivity index (χ2v) is 2.36. The number of ketones is 1. The highest BCUT2D eigenvalue weighted by molar-refractivity contribution is 5.75. The molecule has 0 aromatic heterocycles. The van der Waals surface area contributed by atoms with Crippen molar-refractivity contribution in [2.24, 2.45) is 0 Å². The fraction of sp³-hybridized carbons (Fsp3) is 0.778. The SMILES string of the molecule is CCC(C)=O.CCNC(=O)CC. The van der Waals surface area contributed by atoms with Crippen molar-refractivity contribution >= 4 is 11.7 Å². The fourth-order valence-corrected chi connectivity index (χ4v) is 0.322. The van der Waals surface area contributed by atoms with E-state index in [9.17, 15) is 9.59 Å². The van der Waals surface area contributed by atoms with Gasteiger partial charge in [0.25, 0.3) is 0 Å². The van der Waals surface area contributed by atoms with Crippen LogP contribution >= 0.6 is 0 Å². The predicted molar refractivity (Wildman–Crippen MR) is 49.9 cm³/mol. The van der Waals surface area contributed by atoms with Crippen LogP contribution in [0.1, 0.15) is 40.5 Å². The molecule has 1 amide bonds. The van der Waals surface area contributed by atoms with Gasteiger partial charge in [-0.2, -0.15) is 0 Å². The first kappa shape index (κ1) is 13.7. The molecule has 0 aromatic carbocycles. The summed E-state index contributed by atoms with van der Waals surface area (Å²) in [6, 6.07) is 0. The van der Waals surface area contributed by atoms with Crippen LogP contribution in [0.15, 0.2) is 0 Å². The number of nitrogens with one attached hydrogen (secondary N) is 1. The number of hydrogen-bond acceptors (Lipinski definition) is 2. The number of hydrogen-bond donors (Lipinski definition) is 1. The van der Waals surface area contributed by atoms with Crippen molar-refractivity contribution in [1.82, 2.24) is 5.32 Å². The molecule has 0 saturated carbocycles. The topological polar surface area (TPSA) is 46.2 Å². The van der Waals surface area contributed by atoms with Crippen molar-refractivity contribution in [3.63, 3.8) is 0 Å². The molecule has 0 aliphatic heterocycles. The van der Waals surface area contributed by atoms with Gasteiger partial charge in [-0.05, 0) is 13.8 Å². The highest BCUT2D eigenvalue weighted by Crippen LogP contribution is 1.71. The summed E-state index contributed by atoms with van der Waals surface area (Å²) in [4.78, 5) is 20.1. The van der Waals surface area contributed by atoms with Crippen LogP contribution in [0.4, 0.5) is 0 Å². The van der Waals surface area contributed by atoms with E-state index in [-0.39, 0.29) is 11.7 Å². The maximum Gasteiger partial charge on any atom is 0.219 e.